The number of hydrogen-bond donors (Lipinski definition) is 2. The van der Waals surface area contributed by atoms with Crippen LogP contribution in [-0.4, -0.2) is 28.9 Å². The molecule has 3 nitrogen and oxygen atoms in total. The summed E-state index contributed by atoms with van der Waals surface area (Å²) in [6, 6.07) is 7.63. The number of nitrogens with one attached hydrogen (secondary N) is 1. The highest BCUT2D eigenvalue weighted by Gasteiger charge is 2.22. The van der Waals surface area contributed by atoms with Gasteiger partial charge in [-0.25, -0.2) is 0 Å². The molecule has 0 fully saturated rings. The molecular formula is C16H24ClNO2S. The molecule has 2 N–H and O–H groups in total. The van der Waals surface area contributed by atoms with Crippen LogP contribution in [0.4, 0.5) is 0 Å². The third-order valence-corrected chi connectivity index (χ3v) is 4.14. The first kappa shape index (κ1) is 18.3. The number of amides is 1. The SMILES string of the molecule is CC(C)CC(C)(O)CNC(=O)CSCc1cccc(Cl)c1. The first-order valence-corrected chi connectivity index (χ1v) is 8.63. The molecule has 0 aliphatic carbocycles. The highest BCUT2D eigenvalue weighted by atomic mass is 35.5. The largest absolute Gasteiger partial charge is 0.388 e. The molecule has 0 aliphatic rings. The molecule has 0 saturated carbocycles. The topological polar surface area (TPSA) is 49.3 Å². The predicted molar refractivity (Wildman–Crippen MR) is 90.7 cm³/mol. The van der Waals surface area contributed by atoms with Gasteiger partial charge >= 0.3 is 0 Å². The van der Waals surface area contributed by atoms with E-state index in [2.05, 4.69) is 19.2 Å². The average Bonchev–Trinajstić information content (AvgIpc) is 2.35. The van der Waals surface area contributed by atoms with E-state index in [0.29, 0.717) is 29.7 Å². The smallest absolute Gasteiger partial charge is 0.230 e. The molecule has 0 radical (unpaired) electrons. The van der Waals surface area contributed by atoms with Crippen molar-refractivity contribution >= 4 is 29.3 Å². The summed E-state index contributed by atoms with van der Waals surface area (Å²) in [4.78, 5) is 11.8. The number of aliphatic hydroxyl groups is 1. The fraction of sp³-hybridized carbons (Fsp3) is 0.562. The van der Waals surface area contributed by atoms with Crippen molar-refractivity contribution in [3.63, 3.8) is 0 Å². The lowest BCUT2D eigenvalue weighted by Crippen LogP contribution is -2.42. The lowest BCUT2D eigenvalue weighted by molar-refractivity contribution is -0.119. The van der Waals surface area contributed by atoms with Crippen LogP contribution in [0.1, 0.15) is 32.8 Å². The van der Waals surface area contributed by atoms with Gasteiger partial charge in [-0.15, -0.1) is 11.8 Å². The van der Waals surface area contributed by atoms with E-state index in [1.807, 2.05) is 24.3 Å². The molecule has 0 aromatic heterocycles. The Kier molecular flexibility index (Phi) is 7.57. The van der Waals surface area contributed by atoms with Crippen LogP contribution in [0.3, 0.4) is 0 Å². The number of rotatable bonds is 8. The number of carbonyl (C=O) groups excluding carboxylic acids is 1. The monoisotopic (exact) mass is 329 g/mol. The Labute approximate surface area is 136 Å². The zero-order valence-electron chi connectivity index (χ0n) is 12.9. The van der Waals surface area contributed by atoms with Crippen molar-refractivity contribution in [2.75, 3.05) is 12.3 Å². The normalized spacial score (nSPS) is 14.0. The summed E-state index contributed by atoms with van der Waals surface area (Å²) in [6.45, 7) is 6.16. The molecule has 0 spiro atoms. The van der Waals surface area contributed by atoms with Gasteiger partial charge in [0.05, 0.1) is 11.4 Å². The van der Waals surface area contributed by atoms with Crippen molar-refractivity contribution in [1.29, 1.82) is 0 Å². The standard InChI is InChI=1S/C16H24ClNO2S/c1-12(2)8-16(3,20)11-18-15(19)10-21-9-13-5-4-6-14(17)7-13/h4-7,12,20H,8-11H2,1-3H3,(H,18,19). The van der Waals surface area contributed by atoms with Crippen LogP contribution in [0.2, 0.25) is 5.02 Å². The van der Waals surface area contributed by atoms with Crippen molar-refractivity contribution in [3.8, 4) is 0 Å². The van der Waals surface area contributed by atoms with Crippen LogP contribution in [0.15, 0.2) is 24.3 Å². The van der Waals surface area contributed by atoms with E-state index in [9.17, 15) is 9.90 Å². The molecule has 1 amide bonds. The second-order valence-electron chi connectivity index (χ2n) is 5.99. The molecule has 0 heterocycles. The van der Waals surface area contributed by atoms with Gasteiger partial charge in [0.25, 0.3) is 0 Å². The summed E-state index contributed by atoms with van der Waals surface area (Å²) in [5.41, 5.74) is 0.258. The molecule has 118 valence electrons. The summed E-state index contributed by atoms with van der Waals surface area (Å²) >= 11 is 7.45. The van der Waals surface area contributed by atoms with Crippen LogP contribution in [0.25, 0.3) is 0 Å². The maximum absolute atomic E-state index is 11.8. The van der Waals surface area contributed by atoms with Crippen LogP contribution in [0, 0.1) is 5.92 Å². The second-order valence-corrected chi connectivity index (χ2v) is 7.42. The molecular weight excluding hydrogens is 306 g/mol. The minimum Gasteiger partial charge on any atom is -0.388 e. The first-order valence-electron chi connectivity index (χ1n) is 7.10. The van der Waals surface area contributed by atoms with E-state index in [1.165, 1.54) is 11.8 Å². The van der Waals surface area contributed by atoms with Gasteiger partial charge in [0.15, 0.2) is 0 Å². The van der Waals surface area contributed by atoms with Gasteiger partial charge in [0.2, 0.25) is 5.91 Å². The molecule has 1 aromatic carbocycles. The Morgan fingerprint density at radius 3 is 2.81 bits per heavy atom. The van der Waals surface area contributed by atoms with E-state index in [-0.39, 0.29) is 5.91 Å². The number of carbonyl (C=O) groups is 1. The summed E-state index contributed by atoms with van der Waals surface area (Å²) < 4.78 is 0. The van der Waals surface area contributed by atoms with Gasteiger partial charge in [0.1, 0.15) is 0 Å². The third-order valence-electron chi connectivity index (χ3n) is 2.91. The van der Waals surface area contributed by atoms with E-state index in [1.54, 1.807) is 6.92 Å². The Balaban J connectivity index is 2.25. The van der Waals surface area contributed by atoms with E-state index in [0.717, 1.165) is 11.3 Å². The molecule has 1 unspecified atom stereocenters. The van der Waals surface area contributed by atoms with Crippen molar-refractivity contribution in [3.05, 3.63) is 34.9 Å². The average molecular weight is 330 g/mol. The lowest BCUT2D eigenvalue weighted by Gasteiger charge is -2.25. The predicted octanol–water partition coefficient (Wildman–Crippen LogP) is 3.49. The van der Waals surface area contributed by atoms with Crippen molar-refractivity contribution < 1.29 is 9.90 Å². The summed E-state index contributed by atoms with van der Waals surface area (Å²) in [6.07, 6.45) is 0.670. The molecule has 0 saturated heterocycles. The Bertz CT molecular complexity index is 463. The Morgan fingerprint density at radius 1 is 1.48 bits per heavy atom. The molecule has 0 aliphatic heterocycles. The zero-order chi connectivity index (χ0) is 15.9. The third kappa shape index (κ3) is 8.34. The highest BCUT2D eigenvalue weighted by molar-refractivity contribution is 7.99. The molecule has 0 bridgehead atoms. The second kappa shape index (κ2) is 8.66. The molecule has 1 aromatic rings. The van der Waals surface area contributed by atoms with Crippen molar-refractivity contribution in [2.24, 2.45) is 5.92 Å². The van der Waals surface area contributed by atoms with Gasteiger partial charge in [-0.1, -0.05) is 37.6 Å². The zero-order valence-corrected chi connectivity index (χ0v) is 14.4. The van der Waals surface area contributed by atoms with Gasteiger partial charge in [-0.2, -0.15) is 0 Å². The van der Waals surface area contributed by atoms with Crippen LogP contribution in [0.5, 0.6) is 0 Å². The van der Waals surface area contributed by atoms with Crippen LogP contribution < -0.4 is 5.32 Å². The van der Waals surface area contributed by atoms with Crippen LogP contribution >= 0.6 is 23.4 Å². The van der Waals surface area contributed by atoms with Crippen molar-refractivity contribution in [1.82, 2.24) is 5.32 Å². The summed E-state index contributed by atoms with van der Waals surface area (Å²) in [7, 11) is 0. The van der Waals surface area contributed by atoms with E-state index < -0.39 is 5.60 Å². The fourth-order valence-electron chi connectivity index (χ4n) is 2.18. The van der Waals surface area contributed by atoms with E-state index >= 15 is 0 Å². The fourth-order valence-corrected chi connectivity index (χ4v) is 3.20. The number of thioether (sulfide) groups is 1. The number of hydrogen-bond acceptors (Lipinski definition) is 3. The minimum atomic E-state index is -0.846. The quantitative estimate of drug-likeness (QED) is 0.767. The first-order chi connectivity index (χ1) is 9.78. The van der Waals surface area contributed by atoms with Gasteiger partial charge in [0, 0.05) is 17.3 Å². The molecule has 1 atom stereocenters. The van der Waals surface area contributed by atoms with Crippen LogP contribution in [-0.2, 0) is 10.5 Å². The number of benzene rings is 1. The number of halogens is 1. The lowest BCUT2D eigenvalue weighted by atomic mass is 9.94. The highest BCUT2D eigenvalue weighted by Crippen LogP contribution is 2.17. The van der Waals surface area contributed by atoms with Gasteiger partial charge < -0.3 is 10.4 Å². The molecule has 1 rings (SSSR count). The molecule has 21 heavy (non-hydrogen) atoms. The Hall–Kier alpha value is -0.710. The minimum absolute atomic E-state index is 0.0499. The Morgan fingerprint density at radius 2 is 2.19 bits per heavy atom. The molecule has 5 heteroatoms. The van der Waals surface area contributed by atoms with Crippen molar-refractivity contribution in [2.45, 2.75) is 38.5 Å². The summed E-state index contributed by atoms with van der Waals surface area (Å²) in [5, 5.41) is 13.6. The summed E-state index contributed by atoms with van der Waals surface area (Å²) in [5.74, 6) is 1.47. The maximum atomic E-state index is 11.8. The van der Waals surface area contributed by atoms with Gasteiger partial charge in [-0.3, -0.25) is 4.79 Å². The maximum Gasteiger partial charge on any atom is 0.230 e. The van der Waals surface area contributed by atoms with E-state index in [4.69, 9.17) is 11.6 Å². The van der Waals surface area contributed by atoms with Gasteiger partial charge in [-0.05, 0) is 37.0 Å².